The minimum atomic E-state index is -0.279. The number of hydrogen-bond acceptors (Lipinski definition) is 4. The van der Waals surface area contributed by atoms with Crippen molar-refractivity contribution < 1.29 is 9.59 Å². The minimum Gasteiger partial charge on any atom is -0.337 e. The molecule has 1 atom stereocenters. The lowest BCUT2D eigenvalue weighted by molar-refractivity contribution is -0.114. The standard InChI is InChI=1S/C17H22N4O2S/c1-10(16-19-11(2)9-24-16)8-18-17(23)21-15-7-5-6-14(12(15)3)20-13(4)22/h5-7,9-10H,8H2,1-4H3,(H,20,22)(H2,18,21,23). The first kappa shape index (κ1) is 17.9. The van der Waals surface area contributed by atoms with Crippen molar-refractivity contribution in [2.24, 2.45) is 0 Å². The van der Waals surface area contributed by atoms with Gasteiger partial charge in [-0.2, -0.15) is 0 Å². The maximum absolute atomic E-state index is 12.1. The molecule has 2 rings (SSSR count). The number of nitrogens with zero attached hydrogens (tertiary/aromatic N) is 1. The number of amides is 3. The highest BCUT2D eigenvalue weighted by Gasteiger charge is 2.12. The Morgan fingerprint density at radius 1 is 1.21 bits per heavy atom. The zero-order valence-corrected chi connectivity index (χ0v) is 15.1. The Kier molecular flexibility index (Phi) is 5.92. The van der Waals surface area contributed by atoms with Crippen LogP contribution in [0.2, 0.25) is 0 Å². The van der Waals surface area contributed by atoms with Gasteiger partial charge < -0.3 is 16.0 Å². The van der Waals surface area contributed by atoms with E-state index >= 15 is 0 Å². The first-order valence-electron chi connectivity index (χ1n) is 7.71. The monoisotopic (exact) mass is 346 g/mol. The molecule has 0 saturated carbocycles. The number of carbonyl (C=O) groups is 2. The number of benzene rings is 1. The Morgan fingerprint density at radius 3 is 2.46 bits per heavy atom. The molecule has 0 aliphatic carbocycles. The van der Waals surface area contributed by atoms with Crippen LogP contribution < -0.4 is 16.0 Å². The molecule has 6 nitrogen and oxygen atoms in total. The molecule has 0 aliphatic heterocycles. The van der Waals surface area contributed by atoms with Crippen molar-refractivity contribution in [3.05, 3.63) is 39.8 Å². The van der Waals surface area contributed by atoms with E-state index in [-0.39, 0.29) is 17.9 Å². The van der Waals surface area contributed by atoms with Crippen molar-refractivity contribution in [2.45, 2.75) is 33.6 Å². The predicted octanol–water partition coefficient (Wildman–Crippen LogP) is 3.64. The van der Waals surface area contributed by atoms with E-state index in [4.69, 9.17) is 0 Å². The molecular formula is C17H22N4O2S. The van der Waals surface area contributed by atoms with Gasteiger partial charge in [-0.05, 0) is 31.5 Å². The van der Waals surface area contributed by atoms with Gasteiger partial charge in [0.15, 0.2) is 0 Å². The van der Waals surface area contributed by atoms with Crippen molar-refractivity contribution in [1.82, 2.24) is 10.3 Å². The Balaban J connectivity index is 1.94. The van der Waals surface area contributed by atoms with Crippen LogP contribution >= 0.6 is 11.3 Å². The molecule has 0 spiro atoms. The smallest absolute Gasteiger partial charge is 0.319 e. The van der Waals surface area contributed by atoms with E-state index in [2.05, 4.69) is 20.9 Å². The molecule has 3 amide bonds. The summed E-state index contributed by atoms with van der Waals surface area (Å²) in [5, 5.41) is 11.4. The molecule has 2 aromatic rings. The van der Waals surface area contributed by atoms with E-state index in [1.54, 1.807) is 29.5 Å². The average Bonchev–Trinajstić information content (AvgIpc) is 2.95. The van der Waals surface area contributed by atoms with Crippen molar-refractivity contribution in [3.63, 3.8) is 0 Å². The quantitative estimate of drug-likeness (QED) is 0.773. The number of thiazole rings is 1. The zero-order chi connectivity index (χ0) is 17.7. The predicted molar refractivity (Wildman–Crippen MR) is 97.8 cm³/mol. The van der Waals surface area contributed by atoms with Gasteiger partial charge in [0.05, 0.1) is 5.01 Å². The summed E-state index contributed by atoms with van der Waals surface area (Å²) in [4.78, 5) is 27.7. The summed E-state index contributed by atoms with van der Waals surface area (Å²) >= 11 is 1.60. The molecule has 0 radical (unpaired) electrons. The summed E-state index contributed by atoms with van der Waals surface area (Å²) in [5.41, 5.74) is 3.16. The summed E-state index contributed by atoms with van der Waals surface area (Å²) < 4.78 is 0. The van der Waals surface area contributed by atoms with E-state index in [0.717, 1.165) is 16.3 Å². The third-order valence-electron chi connectivity index (χ3n) is 3.52. The van der Waals surface area contributed by atoms with E-state index in [1.165, 1.54) is 6.92 Å². The van der Waals surface area contributed by atoms with Crippen LogP contribution in [0.4, 0.5) is 16.2 Å². The topological polar surface area (TPSA) is 83.1 Å². The highest BCUT2D eigenvalue weighted by molar-refractivity contribution is 7.09. The average molecular weight is 346 g/mol. The van der Waals surface area contributed by atoms with Crippen LogP contribution in [0.25, 0.3) is 0 Å². The molecule has 1 aromatic carbocycles. The second-order valence-corrected chi connectivity index (χ2v) is 6.61. The maximum atomic E-state index is 12.1. The van der Waals surface area contributed by atoms with Crippen molar-refractivity contribution in [1.29, 1.82) is 0 Å². The van der Waals surface area contributed by atoms with Gasteiger partial charge in [-0.1, -0.05) is 13.0 Å². The number of urea groups is 1. The van der Waals surface area contributed by atoms with Gasteiger partial charge in [0.1, 0.15) is 0 Å². The summed E-state index contributed by atoms with van der Waals surface area (Å²) in [6, 6.07) is 5.10. The summed E-state index contributed by atoms with van der Waals surface area (Å²) in [5.74, 6) is 0.00790. The molecule has 0 aliphatic rings. The third kappa shape index (κ3) is 4.79. The third-order valence-corrected chi connectivity index (χ3v) is 4.71. The van der Waals surface area contributed by atoms with Gasteiger partial charge in [0.25, 0.3) is 0 Å². The fourth-order valence-electron chi connectivity index (χ4n) is 2.19. The van der Waals surface area contributed by atoms with Gasteiger partial charge in [0.2, 0.25) is 5.91 Å². The summed E-state index contributed by atoms with van der Waals surface area (Å²) in [6.45, 7) is 7.79. The zero-order valence-electron chi connectivity index (χ0n) is 14.3. The number of aryl methyl sites for hydroxylation is 1. The van der Waals surface area contributed by atoms with E-state index in [1.807, 2.05) is 26.2 Å². The number of nitrogens with one attached hydrogen (secondary N) is 3. The molecule has 24 heavy (non-hydrogen) atoms. The van der Waals surface area contributed by atoms with Crippen LogP contribution in [-0.4, -0.2) is 23.5 Å². The second-order valence-electron chi connectivity index (χ2n) is 5.72. The van der Waals surface area contributed by atoms with E-state index < -0.39 is 0 Å². The van der Waals surface area contributed by atoms with Gasteiger partial charge in [-0.15, -0.1) is 11.3 Å². The molecule has 0 saturated heterocycles. The summed E-state index contributed by atoms with van der Waals surface area (Å²) in [6.07, 6.45) is 0. The fourth-order valence-corrected chi connectivity index (χ4v) is 3.05. The van der Waals surface area contributed by atoms with Crippen LogP contribution in [0.15, 0.2) is 23.6 Å². The SMILES string of the molecule is CC(=O)Nc1cccc(NC(=O)NCC(C)c2nc(C)cs2)c1C. The highest BCUT2D eigenvalue weighted by Crippen LogP contribution is 2.23. The fraction of sp³-hybridized carbons (Fsp3) is 0.353. The molecule has 7 heteroatoms. The van der Waals surface area contributed by atoms with Crippen molar-refractivity contribution >= 4 is 34.6 Å². The van der Waals surface area contributed by atoms with Gasteiger partial charge in [0, 0.05) is 41.8 Å². The molecular weight excluding hydrogens is 324 g/mol. The van der Waals surface area contributed by atoms with Crippen LogP contribution in [0.5, 0.6) is 0 Å². The largest absolute Gasteiger partial charge is 0.337 e. The van der Waals surface area contributed by atoms with E-state index in [0.29, 0.717) is 17.9 Å². The number of hydrogen-bond donors (Lipinski definition) is 3. The van der Waals surface area contributed by atoms with Crippen LogP contribution in [0.1, 0.15) is 36.0 Å². The molecule has 3 N–H and O–H groups in total. The molecule has 1 aromatic heterocycles. The Hall–Kier alpha value is -2.41. The lowest BCUT2D eigenvalue weighted by Crippen LogP contribution is -2.32. The number of anilines is 2. The normalized spacial score (nSPS) is 11.7. The Bertz CT molecular complexity index is 742. The highest BCUT2D eigenvalue weighted by atomic mass is 32.1. The Labute approximate surface area is 145 Å². The summed E-state index contributed by atoms with van der Waals surface area (Å²) in [7, 11) is 0. The van der Waals surface area contributed by atoms with Gasteiger partial charge in [-0.3, -0.25) is 4.79 Å². The number of aromatic nitrogens is 1. The molecule has 1 heterocycles. The van der Waals surface area contributed by atoms with Crippen molar-refractivity contribution in [3.8, 4) is 0 Å². The lowest BCUT2D eigenvalue weighted by Gasteiger charge is -2.14. The van der Waals surface area contributed by atoms with Crippen LogP contribution in [-0.2, 0) is 4.79 Å². The van der Waals surface area contributed by atoms with Crippen molar-refractivity contribution in [2.75, 3.05) is 17.2 Å². The van der Waals surface area contributed by atoms with E-state index in [9.17, 15) is 9.59 Å². The van der Waals surface area contributed by atoms with Gasteiger partial charge in [-0.25, -0.2) is 9.78 Å². The molecule has 0 bridgehead atoms. The van der Waals surface area contributed by atoms with Gasteiger partial charge >= 0.3 is 6.03 Å². The number of carbonyl (C=O) groups excluding carboxylic acids is 2. The lowest BCUT2D eigenvalue weighted by atomic mass is 10.1. The minimum absolute atomic E-state index is 0.146. The molecule has 1 unspecified atom stereocenters. The number of rotatable bonds is 5. The second kappa shape index (κ2) is 7.92. The van der Waals surface area contributed by atoms with Crippen LogP contribution in [0.3, 0.4) is 0 Å². The molecule has 0 fully saturated rings. The van der Waals surface area contributed by atoms with Crippen LogP contribution in [0, 0.1) is 13.8 Å². The first-order valence-corrected chi connectivity index (χ1v) is 8.59. The maximum Gasteiger partial charge on any atom is 0.319 e. The Morgan fingerprint density at radius 2 is 1.88 bits per heavy atom. The first-order chi connectivity index (χ1) is 11.4. The molecule has 128 valence electrons.